The average Bonchev–Trinajstić information content (AvgIpc) is 3.24. The van der Waals surface area contributed by atoms with Crippen LogP contribution in [0.5, 0.6) is 11.5 Å². The zero-order valence-corrected chi connectivity index (χ0v) is 16.8. The van der Waals surface area contributed by atoms with Gasteiger partial charge in [0.1, 0.15) is 17.2 Å². The van der Waals surface area contributed by atoms with Crippen molar-refractivity contribution in [2.45, 2.75) is 6.54 Å². The summed E-state index contributed by atoms with van der Waals surface area (Å²) in [6.45, 7) is 1.12. The van der Waals surface area contributed by atoms with Crippen LogP contribution >= 0.6 is 0 Å². The van der Waals surface area contributed by atoms with E-state index in [0.29, 0.717) is 41.7 Å². The predicted molar refractivity (Wildman–Crippen MR) is 108 cm³/mol. The van der Waals surface area contributed by atoms with Crippen LogP contribution in [0.2, 0.25) is 0 Å². The molecule has 3 rings (SSSR count). The Labute approximate surface area is 169 Å². The molecule has 7 nitrogen and oxygen atoms in total. The van der Waals surface area contributed by atoms with E-state index < -0.39 is 0 Å². The Bertz CT molecular complexity index is 954. The number of carbonyl (C=O) groups is 1. The largest absolute Gasteiger partial charge is 0.497 e. The van der Waals surface area contributed by atoms with Gasteiger partial charge < -0.3 is 23.6 Å². The number of aromatic nitrogens is 1. The number of carbonyl (C=O) groups excluding carboxylic acids is 1. The Hall–Kier alpha value is -3.32. The van der Waals surface area contributed by atoms with E-state index in [4.69, 9.17) is 18.7 Å². The van der Waals surface area contributed by atoms with Gasteiger partial charge in [-0.25, -0.2) is 0 Å². The quantitative estimate of drug-likeness (QED) is 0.550. The molecule has 1 heterocycles. The Balaban J connectivity index is 1.82. The number of rotatable bonds is 9. The van der Waals surface area contributed by atoms with Crippen molar-refractivity contribution in [3.05, 3.63) is 65.9 Å². The molecule has 3 aromatic rings. The van der Waals surface area contributed by atoms with Gasteiger partial charge in [0, 0.05) is 25.3 Å². The molecule has 7 heteroatoms. The molecular formula is C22H24N2O5. The molecule has 1 aromatic heterocycles. The summed E-state index contributed by atoms with van der Waals surface area (Å²) in [7, 11) is 4.78. The summed E-state index contributed by atoms with van der Waals surface area (Å²) in [5, 5.41) is 4.14. The summed E-state index contributed by atoms with van der Waals surface area (Å²) in [6.07, 6.45) is 0. The monoisotopic (exact) mass is 396 g/mol. The molecule has 0 aliphatic rings. The maximum absolute atomic E-state index is 13.0. The zero-order chi connectivity index (χ0) is 20.6. The number of methoxy groups -OCH3 is 3. The second kappa shape index (κ2) is 9.75. The second-order valence-corrected chi connectivity index (χ2v) is 6.33. The number of benzene rings is 2. The fourth-order valence-corrected chi connectivity index (χ4v) is 2.95. The van der Waals surface area contributed by atoms with E-state index in [2.05, 4.69) is 5.16 Å². The van der Waals surface area contributed by atoms with Crippen LogP contribution in [-0.4, -0.2) is 50.4 Å². The van der Waals surface area contributed by atoms with Crippen LogP contribution in [-0.2, 0) is 11.3 Å². The van der Waals surface area contributed by atoms with Gasteiger partial charge in [-0.15, -0.1) is 0 Å². The highest BCUT2D eigenvalue weighted by Gasteiger charge is 2.19. The van der Waals surface area contributed by atoms with Crippen LogP contribution in [0, 0.1) is 0 Å². The number of nitrogens with zero attached hydrogens (tertiary/aromatic N) is 2. The van der Waals surface area contributed by atoms with Gasteiger partial charge in [-0.1, -0.05) is 23.4 Å². The number of hydrogen-bond donors (Lipinski definition) is 0. The van der Waals surface area contributed by atoms with Gasteiger partial charge in [-0.05, 0) is 30.3 Å². The normalized spacial score (nSPS) is 10.6. The van der Waals surface area contributed by atoms with Crippen molar-refractivity contribution in [1.82, 2.24) is 10.1 Å². The summed E-state index contributed by atoms with van der Waals surface area (Å²) in [5.41, 5.74) is 1.98. The van der Waals surface area contributed by atoms with Gasteiger partial charge in [0.2, 0.25) is 0 Å². The molecule has 152 valence electrons. The summed E-state index contributed by atoms with van der Waals surface area (Å²) in [4.78, 5) is 14.7. The van der Waals surface area contributed by atoms with Crippen molar-refractivity contribution in [3.8, 4) is 22.8 Å². The number of hydrogen-bond acceptors (Lipinski definition) is 6. The third-order valence-electron chi connectivity index (χ3n) is 4.45. The first-order valence-corrected chi connectivity index (χ1v) is 9.17. The molecule has 29 heavy (non-hydrogen) atoms. The topological polar surface area (TPSA) is 74.0 Å². The SMILES string of the molecule is COCCN(Cc1cc(-c2ccccc2OC)on1)C(=O)c1cccc(OC)c1. The van der Waals surface area contributed by atoms with E-state index in [9.17, 15) is 4.79 Å². The molecule has 0 unspecified atom stereocenters. The lowest BCUT2D eigenvalue weighted by atomic mass is 10.1. The maximum Gasteiger partial charge on any atom is 0.254 e. The van der Waals surface area contributed by atoms with E-state index in [0.717, 1.165) is 5.56 Å². The van der Waals surface area contributed by atoms with Gasteiger partial charge in [0.05, 0.1) is 32.9 Å². The fraction of sp³-hybridized carbons (Fsp3) is 0.273. The molecular weight excluding hydrogens is 372 g/mol. The molecule has 0 saturated heterocycles. The molecule has 0 bridgehead atoms. The molecule has 0 N–H and O–H groups in total. The van der Waals surface area contributed by atoms with Crippen LogP contribution in [0.3, 0.4) is 0 Å². The van der Waals surface area contributed by atoms with Crippen LogP contribution in [0.4, 0.5) is 0 Å². The third-order valence-corrected chi connectivity index (χ3v) is 4.45. The highest BCUT2D eigenvalue weighted by Crippen LogP contribution is 2.30. The predicted octanol–water partition coefficient (Wildman–Crippen LogP) is 3.65. The summed E-state index contributed by atoms with van der Waals surface area (Å²) >= 11 is 0. The third kappa shape index (κ3) is 4.94. The zero-order valence-electron chi connectivity index (χ0n) is 16.8. The molecule has 0 radical (unpaired) electrons. The minimum atomic E-state index is -0.136. The van der Waals surface area contributed by atoms with Crippen molar-refractivity contribution in [1.29, 1.82) is 0 Å². The highest BCUT2D eigenvalue weighted by atomic mass is 16.5. The van der Waals surface area contributed by atoms with Gasteiger partial charge in [-0.3, -0.25) is 4.79 Å². The Morgan fingerprint density at radius 2 is 1.86 bits per heavy atom. The lowest BCUT2D eigenvalue weighted by Crippen LogP contribution is -2.33. The van der Waals surface area contributed by atoms with Gasteiger partial charge in [0.25, 0.3) is 5.91 Å². The van der Waals surface area contributed by atoms with Gasteiger partial charge in [0.15, 0.2) is 5.76 Å². The van der Waals surface area contributed by atoms with Crippen molar-refractivity contribution < 1.29 is 23.5 Å². The highest BCUT2D eigenvalue weighted by molar-refractivity contribution is 5.94. The second-order valence-electron chi connectivity index (χ2n) is 6.33. The van der Waals surface area contributed by atoms with E-state index in [-0.39, 0.29) is 12.5 Å². The van der Waals surface area contributed by atoms with Crippen LogP contribution in [0.25, 0.3) is 11.3 Å². The Morgan fingerprint density at radius 3 is 2.62 bits per heavy atom. The number of para-hydroxylation sites is 1. The lowest BCUT2D eigenvalue weighted by Gasteiger charge is -2.21. The van der Waals surface area contributed by atoms with Crippen LogP contribution in [0.1, 0.15) is 16.1 Å². The van der Waals surface area contributed by atoms with Crippen LogP contribution < -0.4 is 9.47 Å². The molecule has 2 aromatic carbocycles. The Morgan fingerprint density at radius 1 is 1.03 bits per heavy atom. The van der Waals surface area contributed by atoms with E-state index in [1.165, 1.54) is 0 Å². The average molecular weight is 396 g/mol. The van der Waals surface area contributed by atoms with E-state index in [1.54, 1.807) is 50.5 Å². The molecule has 0 aliphatic heterocycles. The first-order valence-electron chi connectivity index (χ1n) is 9.17. The molecule has 0 atom stereocenters. The van der Waals surface area contributed by atoms with E-state index in [1.807, 2.05) is 30.3 Å². The van der Waals surface area contributed by atoms with Gasteiger partial charge in [-0.2, -0.15) is 0 Å². The van der Waals surface area contributed by atoms with Gasteiger partial charge >= 0.3 is 0 Å². The first kappa shape index (κ1) is 20.4. The standard InChI is InChI=1S/C22H24N2O5/c1-26-12-11-24(22(25)16-7-6-8-18(13-16)27-2)15-17-14-21(29-23-17)19-9-4-5-10-20(19)28-3/h4-10,13-14H,11-12,15H2,1-3H3. The first-order chi connectivity index (χ1) is 14.2. The van der Waals surface area contributed by atoms with E-state index >= 15 is 0 Å². The van der Waals surface area contributed by atoms with Crippen molar-refractivity contribution >= 4 is 5.91 Å². The molecule has 0 aliphatic carbocycles. The molecule has 1 amide bonds. The number of amides is 1. The molecule has 0 saturated carbocycles. The summed E-state index contributed by atoms with van der Waals surface area (Å²) in [6, 6.07) is 16.4. The summed E-state index contributed by atoms with van der Waals surface area (Å²) < 4.78 is 21.3. The van der Waals surface area contributed by atoms with Crippen molar-refractivity contribution in [2.24, 2.45) is 0 Å². The minimum absolute atomic E-state index is 0.136. The summed E-state index contributed by atoms with van der Waals surface area (Å²) in [5.74, 6) is 1.77. The number of ether oxygens (including phenoxy) is 3. The molecule has 0 fully saturated rings. The minimum Gasteiger partial charge on any atom is -0.497 e. The van der Waals surface area contributed by atoms with Crippen molar-refractivity contribution in [3.63, 3.8) is 0 Å². The van der Waals surface area contributed by atoms with Crippen molar-refractivity contribution in [2.75, 3.05) is 34.5 Å². The molecule has 0 spiro atoms. The fourth-order valence-electron chi connectivity index (χ4n) is 2.95. The smallest absolute Gasteiger partial charge is 0.254 e. The lowest BCUT2D eigenvalue weighted by molar-refractivity contribution is 0.0676. The maximum atomic E-state index is 13.0. The Kier molecular flexibility index (Phi) is 6.86. The van der Waals surface area contributed by atoms with Crippen LogP contribution in [0.15, 0.2) is 59.1 Å².